The Kier molecular flexibility index (Phi) is 3.52. The SMILES string of the molecule is COc1ccc(Cc2cc(C(=O)O)ncn2)cc1. The number of aromatic carboxylic acids is 1. The van der Waals surface area contributed by atoms with E-state index >= 15 is 0 Å². The number of benzene rings is 1. The lowest BCUT2D eigenvalue weighted by atomic mass is 10.1. The van der Waals surface area contributed by atoms with Gasteiger partial charge in [-0.05, 0) is 23.8 Å². The van der Waals surface area contributed by atoms with E-state index < -0.39 is 5.97 Å². The number of carbonyl (C=O) groups is 1. The topological polar surface area (TPSA) is 72.3 Å². The van der Waals surface area contributed by atoms with Crippen LogP contribution in [0.4, 0.5) is 0 Å². The third kappa shape index (κ3) is 2.82. The van der Waals surface area contributed by atoms with Crippen molar-refractivity contribution in [2.45, 2.75) is 6.42 Å². The largest absolute Gasteiger partial charge is 0.497 e. The number of hydrogen-bond donors (Lipinski definition) is 1. The molecular formula is C13H12N2O3. The molecule has 0 aliphatic carbocycles. The lowest BCUT2D eigenvalue weighted by Crippen LogP contribution is -2.03. The van der Waals surface area contributed by atoms with Gasteiger partial charge in [0.25, 0.3) is 0 Å². The van der Waals surface area contributed by atoms with Gasteiger partial charge in [-0.3, -0.25) is 0 Å². The monoisotopic (exact) mass is 244 g/mol. The molecule has 1 N–H and O–H groups in total. The van der Waals surface area contributed by atoms with Crippen LogP contribution < -0.4 is 4.74 Å². The number of aromatic nitrogens is 2. The molecule has 0 amide bonds. The molecule has 2 aromatic rings. The lowest BCUT2D eigenvalue weighted by Gasteiger charge is -2.03. The van der Waals surface area contributed by atoms with E-state index in [2.05, 4.69) is 9.97 Å². The molecule has 0 aliphatic heterocycles. The van der Waals surface area contributed by atoms with Crippen LogP contribution in [-0.4, -0.2) is 28.2 Å². The molecule has 1 aromatic heterocycles. The first-order chi connectivity index (χ1) is 8.69. The smallest absolute Gasteiger partial charge is 0.354 e. The van der Waals surface area contributed by atoms with Crippen LogP contribution in [0.5, 0.6) is 5.75 Å². The van der Waals surface area contributed by atoms with E-state index in [-0.39, 0.29) is 5.69 Å². The average Bonchev–Trinajstić information content (AvgIpc) is 2.40. The summed E-state index contributed by atoms with van der Waals surface area (Å²) >= 11 is 0. The highest BCUT2D eigenvalue weighted by Gasteiger charge is 2.06. The van der Waals surface area contributed by atoms with Crippen molar-refractivity contribution in [3.63, 3.8) is 0 Å². The second-order valence-corrected chi connectivity index (χ2v) is 3.72. The van der Waals surface area contributed by atoms with Crippen molar-refractivity contribution in [2.24, 2.45) is 0 Å². The van der Waals surface area contributed by atoms with E-state index in [0.717, 1.165) is 11.3 Å². The summed E-state index contributed by atoms with van der Waals surface area (Å²) in [5, 5.41) is 8.84. The first-order valence-electron chi connectivity index (χ1n) is 5.36. The van der Waals surface area contributed by atoms with Crippen LogP contribution in [0.2, 0.25) is 0 Å². The Morgan fingerprint density at radius 3 is 2.61 bits per heavy atom. The molecule has 0 radical (unpaired) electrons. The van der Waals surface area contributed by atoms with Crippen molar-refractivity contribution in [2.75, 3.05) is 7.11 Å². The zero-order chi connectivity index (χ0) is 13.0. The number of carboxylic acids is 1. The molecule has 1 heterocycles. The Labute approximate surface area is 104 Å². The zero-order valence-corrected chi connectivity index (χ0v) is 9.83. The van der Waals surface area contributed by atoms with Crippen molar-refractivity contribution >= 4 is 5.97 Å². The molecule has 2 rings (SSSR count). The van der Waals surface area contributed by atoms with Gasteiger partial charge >= 0.3 is 5.97 Å². The second-order valence-electron chi connectivity index (χ2n) is 3.72. The van der Waals surface area contributed by atoms with Gasteiger partial charge in [0.05, 0.1) is 7.11 Å². The van der Waals surface area contributed by atoms with Crippen LogP contribution in [0.15, 0.2) is 36.7 Å². The third-order valence-electron chi connectivity index (χ3n) is 2.49. The molecule has 5 heteroatoms. The number of ether oxygens (including phenoxy) is 1. The molecule has 0 bridgehead atoms. The van der Waals surface area contributed by atoms with Crippen LogP contribution in [0.1, 0.15) is 21.7 Å². The fourth-order valence-corrected chi connectivity index (χ4v) is 1.56. The van der Waals surface area contributed by atoms with Crippen LogP contribution in [0.3, 0.4) is 0 Å². The van der Waals surface area contributed by atoms with Crippen molar-refractivity contribution in [1.29, 1.82) is 0 Å². The van der Waals surface area contributed by atoms with Gasteiger partial charge in [-0.1, -0.05) is 12.1 Å². The van der Waals surface area contributed by atoms with E-state index in [1.807, 2.05) is 24.3 Å². The van der Waals surface area contributed by atoms with Gasteiger partial charge in [0.1, 0.15) is 12.1 Å². The fraction of sp³-hybridized carbons (Fsp3) is 0.154. The lowest BCUT2D eigenvalue weighted by molar-refractivity contribution is 0.0690. The summed E-state index contributed by atoms with van der Waals surface area (Å²) in [5.74, 6) is -0.263. The van der Waals surface area contributed by atoms with E-state index in [4.69, 9.17) is 9.84 Å². The van der Waals surface area contributed by atoms with E-state index in [1.165, 1.54) is 12.4 Å². The second kappa shape index (κ2) is 5.27. The van der Waals surface area contributed by atoms with Crippen LogP contribution >= 0.6 is 0 Å². The number of carboxylic acid groups (broad SMARTS) is 1. The van der Waals surface area contributed by atoms with E-state index in [0.29, 0.717) is 12.1 Å². The Hall–Kier alpha value is -2.43. The summed E-state index contributed by atoms with van der Waals surface area (Å²) in [4.78, 5) is 18.5. The maximum Gasteiger partial charge on any atom is 0.354 e. The Balaban J connectivity index is 2.17. The summed E-state index contributed by atoms with van der Waals surface area (Å²) in [6.07, 6.45) is 1.83. The van der Waals surface area contributed by atoms with Crippen molar-refractivity contribution in [3.8, 4) is 5.75 Å². The van der Waals surface area contributed by atoms with E-state index in [1.54, 1.807) is 7.11 Å². The standard InChI is InChI=1S/C13H12N2O3/c1-18-11-4-2-9(3-5-11)6-10-7-12(13(16)17)15-8-14-10/h2-5,7-8H,6H2,1H3,(H,16,17). The predicted molar refractivity (Wildman–Crippen MR) is 64.8 cm³/mol. The quantitative estimate of drug-likeness (QED) is 0.887. The van der Waals surface area contributed by atoms with Gasteiger partial charge in [0.2, 0.25) is 0 Å². The summed E-state index contributed by atoms with van der Waals surface area (Å²) < 4.78 is 5.07. The maximum atomic E-state index is 10.8. The van der Waals surface area contributed by atoms with Crippen LogP contribution in [0.25, 0.3) is 0 Å². The van der Waals surface area contributed by atoms with Gasteiger partial charge < -0.3 is 9.84 Å². The number of nitrogens with zero attached hydrogens (tertiary/aromatic N) is 2. The molecule has 18 heavy (non-hydrogen) atoms. The number of rotatable bonds is 4. The normalized spacial score (nSPS) is 10.1. The Bertz CT molecular complexity index is 552. The number of hydrogen-bond acceptors (Lipinski definition) is 4. The Morgan fingerprint density at radius 2 is 2.00 bits per heavy atom. The highest BCUT2D eigenvalue weighted by Crippen LogP contribution is 2.14. The molecule has 0 spiro atoms. The van der Waals surface area contributed by atoms with Crippen LogP contribution in [0, 0.1) is 0 Å². The van der Waals surface area contributed by atoms with Crippen molar-refractivity contribution in [3.05, 3.63) is 53.6 Å². The fourth-order valence-electron chi connectivity index (χ4n) is 1.56. The summed E-state index contributed by atoms with van der Waals surface area (Å²) in [5.41, 5.74) is 1.71. The molecule has 0 aliphatic rings. The third-order valence-corrected chi connectivity index (χ3v) is 2.49. The van der Waals surface area contributed by atoms with Crippen molar-refractivity contribution in [1.82, 2.24) is 9.97 Å². The summed E-state index contributed by atoms with van der Waals surface area (Å²) in [7, 11) is 1.61. The molecule has 0 atom stereocenters. The average molecular weight is 244 g/mol. The molecule has 0 saturated heterocycles. The van der Waals surface area contributed by atoms with Crippen molar-refractivity contribution < 1.29 is 14.6 Å². The van der Waals surface area contributed by atoms with Gasteiger partial charge in [-0.25, -0.2) is 14.8 Å². The molecule has 0 saturated carbocycles. The molecule has 0 fully saturated rings. The minimum Gasteiger partial charge on any atom is -0.497 e. The Morgan fingerprint density at radius 1 is 1.28 bits per heavy atom. The zero-order valence-electron chi connectivity index (χ0n) is 9.83. The highest BCUT2D eigenvalue weighted by molar-refractivity contribution is 5.85. The van der Waals surface area contributed by atoms with E-state index in [9.17, 15) is 4.79 Å². The number of methoxy groups -OCH3 is 1. The van der Waals surface area contributed by atoms with Gasteiger partial charge in [0, 0.05) is 12.1 Å². The molecule has 5 nitrogen and oxygen atoms in total. The van der Waals surface area contributed by atoms with Crippen LogP contribution in [-0.2, 0) is 6.42 Å². The predicted octanol–water partition coefficient (Wildman–Crippen LogP) is 1.77. The first-order valence-corrected chi connectivity index (χ1v) is 5.36. The molecular weight excluding hydrogens is 232 g/mol. The molecule has 1 aromatic carbocycles. The minimum atomic E-state index is -1.05. The van der Waals surface area contributed by atoms with Gasteiger partial charge in [0.15, 0.2) is 5.69 Å². The van der Waals surface area contributed by atoms with Gasteiger partial charge in [-0.2, -0.15) is 0 Å². The minimum absolute atomic E-state index is 0.00788. The summed E-state index contributed by atoms with van der Waals surface area (Å²) in [6, 6.07) is 9.03. The summed E-state index contributed by atoms with van der Waals surface area (Å²) in [6.45, 7) is 0. The molecule has 0 unspecified atom stereocenters. The maximum absolute atomic E-state index is 10.8. The first kappa shape index (κ1) is 12.0. The highest BCUT2D eigenvalue weighted by atomic mass is 16.5. The molecule has 92 valence electrons. The van der Waals surface area contributed by atoms with Gasteiger partial charge in [-0.15, -0.1) is 0 Å².